The van der Waals surface area contributed by atoms with Crippen LogP contribution in [0.15, 0.2) is 11.6 Å². The molecule has 1 spiro atoms. The molecule has 0 aromatic rings. The Morgan fingerprint density at radius 3 is 2.53 bits per heavy atom. The predicted octanol–water partition coefficient (Wildman–Crippen LogP) is 4.25. The van der Waals surface area contributed by atoms with E-state index in [1.54, 1.807) is 7.11 Å². The van der Waals surface area contributed by atoms with Crippen molar-refractivity contribution in [3.63, 3.8) is 0 Å². The highest BCUT2D eigenvalue weighted by Crippen LogP contribution is 2.59. The van der Waals surface area contributed by atoms with Gasteiger partial charge in [0.1, 0.15) is 23.4 Å². The quantitative estimate of drug-likeness (QED) is 0.327. The second kappa shape index (κ2) is 10.5. The van der Waals surface area contributed by atoms with Gasteiger partial charge in [0.25, 0.3) is 0 Å². The smallest absolute Gasteiger partial charge is 0.410 e. The van der Waals surface area contributed by atoms with Gasteiger partial charge in [-0.3, -0.25) is 0 Å². The number of ether oxygens (including phenoxy) is 4. The molecule has 34 heavy (non-hydrogen) atoms. The summed E-state index contributed by atoms with van der Waals surface area (Å²) in [5, 5.41) is 0. The molecule has 0 bridgehead atoms. The van der Waals surface area contributed by atoms with Gasteiger partial charge in [-0.15, -0.1) is 0 Å². The SMILES string of the molecule is CCN(CC)CCCC1CN(C(=O)O[C@@H]2CC[C@]3(CO3)C([C@@]3(C)O[C@@H]3CC=C(C)C)[C@@H]2OC)C1. The number of nitrogens with zero attached hydrogens (tertiary/aromatic N) is 2. The molecule has 1 aliphatic carbocycles. The Labute approximate surface area is 206 Å². The van der Waals surface area contributed by atoms with E-state index < -0.39 is 0 Å². The average Bonchev–Trinajstić information content (AvgIpc) is 3.69. The van der Waals surface area contributed by atoms with Gasteiger partial charge in [0.15, 0.2) is 0 Å². The van der Waals surface area contributed by atoms with Gasteiger partial charge in [-0.25, -0.2) is 4.79 Å². The minimum atomic E-state index is -0.305. The van der Waals surface area contributed by atoms with Gasteiger partial charge < -0.3 is 28.7 Å². The van der Waals surface area contributed by atoms with Crippen molar-refractivity contribution >= 4 is 6.09 Å². The highest BCUT2D eigenvalue weighted by atomic mass is 16.6. The maximum absolute atomic E-state index is 12.9. The van der Waals surface area contributed by atoms with Crippen LogP contribution in [0, 0.1) is 11.8 Å². The Morgan fingerprint density at radius 1 is 1.24 bits per heavy atom. The third kappa shape index (κ3) is 5.32. The van der Waals surface area contributed by atoms with E-state index in [0.29, 0.717) is 5.92 Å². The molecule has 7 heteroatoms. The number of epoxide rings is 2. The zero-order valence-electron chi connectivity index (χ0n) is 22.2. The summed E-state index contributed by atoms with van der Waals surface area (Å²) >= 11 is 0. The number of carbonyl (C=O) groups is 1. The summed E-state index contributed by atoms with van der Waals surface area (Å²) < 4.78 is 24.3. The maximum atomic E-state index is 12.9. The van der Waals surface area contributed by atoms with E-state index in [-0.39, 0.29) is 41.5 Å². The Hall–Kier alpha value is -1.15. The van der Waals surface area contributed by atoms with Crippen molar-refractivity contribution in [3.8, 4) is 0 Å². The van der Waals surface area contributed by atoms with Crippen LogP contribution in [-0.2, 0) is 18.9 Å². The lowest BCUT2D eigenvalue weighted by molar-refractivity contribution is -0.124. The maximum Gasteiger partial charge on any atom is 0.410 e. The molecule has 4 fully saturated rings. The molecule has 7 nitrogen and oxygen atoms in total. The third-order valence-corrected chi connectivity index (χ3v) is 8.69. The fourth-order valence-corrected chi connectivity index (χ4v) is 6.32. The lowest BCUT2D eigenvalue weighted by atomic mass is 9.68. The van der Waals surface area contributed by atoms with E-state index in [9.17, 15) is 4.79 Å². The van der Waals surface area contributed by atoms with Crippen molar-refractivity contribution < 1.29 is 23.7 Å². The Bertz CT molecular complexity index is 739. The Morgan fingerprint density at radius 2 is 1.94 bits per heavy atom. The monoisotopic (exact) mass is 478 g/mol. The largest absolute Gasteiger partial charge is 0.443 e. The van der Waals surface area contributed by atoms with E-state index in [4.69, 9.17) is 18.9 Å². The van der Waals surface area contributed by atoms with Crippen molar-refractivity contribution in [3.05, 3.63) is 11.6 Å². The standard InChI is InChI=1S/C27H46N2O5/c1-7-28(8-2)15-9-10-20-16-29(17-20)25(30)33-21-13-14-27(18-32-27)24(23(21)31-6)26(5)22(34-26)12-11-19(3)4/h11,20-24H,7-10,12-18H2,1-6H3/t21-,22-,23-,24?,26+,27+/m1/s1. The minimum Gasteiger partial charge on any atom is -0.443 e. The number of carbonyl (C=O) groups excluding carboxylic acids is 1. The summed E-state index contributed by atoms with van der Waals surface area (Å²) in [4.78, 5) is 17.2. The number of allylic oxidation sites excluding steroid dienone is 1. The molecule has 0 radical (unpaired) electrons. The Balaban J connectivity index is 1.29. The van der Waals surface area contributed by atoms with Gasteiger partial charge >= 0.3 is 6.09 Å². The first kappa shape index (κ1) is 25.9. The predicted molar refractivity (Wildman–Crippen MR) is 132 cm³/mol. The first-order chi connectivity index (χ1) is 16.3. The molecule has 0 aromatic heterocycles. The lowest BCUT2D eigenvalue weighted by Crippen LogP contribution is -2.57. The number of hydrogen-bond donors (Lipinski definition) is 0. The van der Waals surface area contributed by atoms with E-state index in [1.807, 2.05) is 4.90 Å². The van der Waals surface area contributed by atoms with Crippen molar-refractivity contribution in [1.82, 2.24) is 9.80 Å². The molecule has 3 saturated heterocycles. The molecular formula is C27H46N2O5. The average molecular weight is 479 g/mol. The van der Waals surface area contributed by atoms with Crippen LogP contribution in [-0.4, -0.2) is 91.8 Å². The number of likely N-dealkylation sites (tertiary alicyclic amines) is 1. The van der Waals surface area contributed by atoms with Gasteiger partial charge in [0.05, 0.1) is 18.6 Å². The molecule has 0 aromatic carbocycles. The molecule has 3 heterocycles. The number of methoxy groups -OCH3 is 1. The van der Waals surface area contributed by atoms with Crippen LogP contribution in [0.2, 0.25) is 0 Å². The van der Waals surface area contributed by atoms with Crippen LogP contribution in [0.25, 0.3) is 0 Å². The highest BCUT2D eigenvalue weighted by Gasteiger charge is 2.72. The molecule has 4 rings (SSSR count). The molecule has 1 unspecified atom stereocenters. The van der Waals surface area contributed by atoms with Crippen LogP contribution in [0.1, 0.15) is 66.7 Å². The molecule has 6 atom stereocenters. The molecule has 1 amide bonds. The van der Waals surface area contributed by atoms with Crippen molar-refractivity contribution in [1.29, 1.82) is 0 Å². The van der Waals surface area contributed by atoms with Crippen LogP contribution in [0.5, 0.6) is 0 Å². The van der Waals surface area contributed by atoms with Gasteiger partial charge in [0.2, 0.25) is 0 Å². The summed E-state index contributed by atoms with van der Waals surface area (Å²) in [7, 11) is 1.73. The minimum absolute atomic E-state index is 0.0660. The summed E-state index contributed by atoms with van der Waals surface area (Å²) in [6.45, 7) is 16.6. The second-order valence-electron chi connectivity index (χ2n) is 11.2. The Kier molecular flexibility index (Phi) is 7.97. The molecular weight excluding hydrogens is 432 g/mol. The highest BCUT2D eigenvalue weighted by molar-refractivity contribution is 5.69. The summed E-state index contributed by atoms with van der Waals surface area (Å²) in [6.07, 6.45) is 6.66. The summed E-state index contributed by atoms with van der Waals surface area (Å²) in [5.74, 6) is 0.662. The molecule has 0 N–H and O–H groups in total. The van der Waals surface area contributed by atoms with Crippen molar-refractivity contribution in [2.75, 3.05) is 46.4 Å². The fraction of sp³-hybridized carbons (Fsp3) is 0.889. The van der Waals surface area contributed by atoms with E-state index >= 15 is 0 Å². The molecule has 194 valence electrons. The lowest BCUT2D eigenvalue weighted by Gasteiger charge is -2.44. The summed E-state index contributed by atoms with van der Waals surface area (Å²) in [5.41, 5.74) is 0.806. The molecule has 3 aliphatic heterocycles. The van der Waals surface area contributed by atoms with Crippen molar-refractivity contribution in [2.45, 2.75) is 96.2 Å². The topological polar surface area (TPSA) is 67.1 Å². The molecule has 1 saturated carbocycles. The van der Waals surface area contributed by atoms with Crippen LogP contribution >= 0.6 is 0 Å². The van der Waals surface area contributed by atoms with Crippen LogP contribution in [0.3, 0.4) is 0 Å². The van der Waals surface area contributed by atoms with Crippen LogP contribution < -0.4 is 0 Å². The summed E-state index contributed by atoms with van der Waals surface area (Å²) in [6, 6.07) is 0. The fourth-order valence-electron chi connectivity index (χ4n) is 6.32. The van der Waals surface area contributed by atoms with Crippen LogP contribution in [0.4, 0.5) is 4.79 Å². The van der Waals surface area contributed by atoms with E-state index in [0.717, 1.165) is 58.6 Å². The number of hydrogen-bond acceptors (Lipinski definition) is 6. The van der Waals surface area contributed by atoms with Gasteiger partial charge in [-0.1, -0.05) is 25.5 Å². The number of rotatable bonds is 11. The normalized spacial score (nSPS) is 37.0. The first-order valence-electron chi connectivity index (χ1n) is 13.4. The van der Waals surface area contributed by atoms with Gasteiger partial charge in [-0.05, 0) is 78.4 Å². The van der Waals surface area contributed by atoms with Gasteiger partial charge in [-0.2, -0.15) is 0 Å². The number of amides is 1. The third-order valence-electron chi connectivity index (χ3n) is 8.69. The molecule has 4 aliphatic rings. The zero-order chi connectivity index (χ0) is 24.5. The van der Waals surface area contributed by atoms with E-state index in [2.05, 4.69) is 45.6 Å². The second-order valence-corrected chi connectivity index (χ2v) is 11.2. The van der Waals surface area contributed by atoms with E-state index in [1.165, 1.54) is 18.4 Å². The zero-order valence-corrected chi connectivity index (χ0v) is 22.2. The van der Waals surface area contributed by atoms with Crippen molar-refractivity contribution in [2.24, 2.45) is 11.8 Å². The first-order valence-corrected chi connectivity index (χ1v) is 13.4. The van der Waals surface area contributed by atoms with Gasteiger partial charge in [0, 0.05) is 20.2 Å².